The normalized spacial score (nSPS) is 23.3. The second-order valence-corrected chi connectivity index (χ2v) is 10.8. The lowest BCUT2D eigenvalue weighted by Gasteiger charge is -2.27. The zero-order valence-electron chi connectivity index (χ0n) is 21.9. The number of carbonyl (C=O) groups excluding carboxylic acids is 1. The van der Waals surface area contributed by atoms with Crippen LogP contribution in [-0.2, 0) is 28.2 Å². The highest BCUT2D eigenvalue weighted by Gasteiger charge is 2.54. The first kappa shape index (κ1) is 34.9. The van der Waals surface area contributed by atoms with Crippen LogP contribution in [0, 0.1) is 0 Å². The van der Waals surface area contributed by atoms with Crippen LogP contribution in [-0.4, -0.2) is 81.1 Å². The standard InChI is InChI=1S/C20H26ClN4O9P.C2HF3O2/c1-20(29)17(27)14(33-18(20)25-10-8-15(22)24-19(25)28)11-32-35(30,23-9-7-16(26)31-2)34-13-5-3-12(21)4-6-13;3-2(4,5)1(6)7/h3-6,8,10,14,17-18,27,29H,7,9,11H2,1-2H3,(H,23,30)(H2,22,24,28);(H,6,7)/t14-,17-,18-,20-,35?;/m1./s1. The third kappa shape index (κ3) is 9.65. The molecular formula is C22H27ClF3N4O11P. The Morgan fingerprint density at radius 2 is 1.88 bits per heavy atom. The van der Waals surface area contributed by atoms with Crippen molar-refractivity contribution in [1.29, 1.82) is 0 Å². The number of carbonyl (C=O) groups is 2. The zero-order valence-corrected chi connectivity index (χ0v) is 23.5. The van der Waals surface area contributed by atoms with Gasteiger partial charge in [0.2, 0.25) is 0 Å². The van der Waals surface area contributed by atoms with Crippen molar-refractivity contribution < 1.29 is 61.2 Å². The first-order valence-corrected chi connectivity index (χ1v) is 13.5. The van der Waals surface area contributed by atoms with Crippen molar-refractivity contribution in [3.63, 3.8) is 0 Å². The number of benzene rings is 1. The number of rotatable bonds is 10. The second-order valence-electron chi connectivity index (χ2n) is 8.62. The molecule has 1 aliphatic rings. The molecule has 1 unspecified atom stereocenters. The Kier molecular flexibility index (Phi) is 11.9. The van der Waals surface area contributed by atoms with Crippen LogP contribution < -0.4 is 21.0 Å². The number of hydrogen-bond donors (Lipinski definition) is 5. The fraction of sp³-hybridized carbons (Fsp3) is 0.455. The van der Waals surface area contributed by atoms with Crippen molar-refractivity contribution in [2.45, 2.75) is 43.6 Å². The predicted octanol–water partition coefficient (Wildman–Crippen LogP) is 1.48. The molecule has 5 atom stereocenters. The van der Waals surface area contributed by atoms with E-state index in [0.29, 0.717) is 5.02 Å². The van der Waals surface area contributed by atoms with Crippen molar-refractivity contribution in [1.82, 2.24) is 14.6 Å². The van der Waals surface area contributed by atoms with Crippen molar-refractivity contribution in [2.24, 2.45) is 0 Å². The minimum absolute atomic E-state index is 0.0253. The summed E-state index contributed by atoms with van der Waals surface area (Å²) < 4.78 is 67.3. The van der Waals surface area contributed by atoms with Crippen molar-refractivity contribution in [3.8, 4) is 5.75 Å². The molecule has 2 aromatic rings. The van der Waals surface area contributed by atoms with Gasteiger partial charge in [-0.2, -0.15) is 18.2 Å². The monoisotopic (exact) mass is 646 g/mol. The predicted molar refractivity (Wildman–Crippen MR) is 137 cm³/mol. The van der Waals surface area contributed by atoms with Gasteiger partial charge in [0.25, 0.3) is 0 Å². The number of esters is 1. The Hall–Kier alpha value is -3.25. The lowest BCUT2D eigenvalue weighted by Crippen LogP contribution is -2.46. The molecule has 0 radical (unpaired) electrons. The third-order valence-electron chi connectivity index (χ3n) is 5.41. The maximum absolute atomic E-state index is 13.4. The molecule has 0 amide bonds. The highest BCUT2D eigenvalue weighted by Crippen LogP contribution is 2.46. The molecule has 1 fully saturated rings. The summed E-state index contributed by atoms with van der Waals surface area (Å²) in [6.45, 7) is 0.642. The minimum atomic E-state index is -5.08. The Bertz CT molecular complexity index is 1340. The molecule has 2 heterocycles. The number of nitrogens with zero attached hydrogens (tertiary/aromatic N) is 2. The number of carboxylic acids is 1. The summed E-state index contributed by atoms with van der Waals surface area (Å²) in [4.78, 5) is 36.1. The maximum atomic E-state index is 13.4. The van der Waals surface area contributed by atoms with Gasteiger partial charge in [-0.05, 0) is 37.3 Å². The van der Waals surface area contributed by atoms with Crippen LogP contribution in [0.5, 0.6) is 5.75 Å². The molecule has 0 aliphatic carbocycles. The van der Waals surface area contributed by atoms with Crippen molar-refractivity contribution in [3.05, 3.63) is 52.0 Å². The molecule has 3 rings (SSSR count). The molecule has 1 aliphatic heterocycles. The number of aromatic nitrogens is 2. The van der Waals surface area contributed by atoms with Crippen molar-refractivity contribution in [2.75, 3.05) is 26.0 Å². The van der Waals surface area contributed by atoms with E-state index >= 15 is 0 Å². The summed E-state index contributed by atoms with van der Waals surface area (Å²) in [5, 5.41) is 31.6. The third-order valence-corrected chi connectivity index (χ3v) is 7.21. The van der Waals surface area contributed by atoms with Gasteiger partial charge in [0, 0.05) is 17.8 Å². The van der Waals surface area contributed by atoms with E-state index in [0.717, 1.165) is 4.57 Å². The summed E-state index contributed by atoms with van der Waals surface area (Å²) in [5.41, 5.74) is 2.76. The van der Waals surface area contributed by atoms with Gasteiger partial charge in [-0.25, -0.2) is 19.2 Å². The summed E-state index contributed by atoms with van der Waals surface area (Å²) >= 11 is 5.86. The van der Waals surface area contributed by atoms with Gasteiger partial charge in [0.05, 0.1) is 20.1 Å². The number of aliphatic carboxylic acids is 1. The lowest BCUT2D eigenvalue weighted by molar-refractivity contribution is -0.192. The highest BCUT2D eigenvalue weighted by molar-refractivity contribution is 7.52. The van der Waals surface area contributed by atoms with E-state index in [-0.39, 0.29) is 24.5 Å². The average Bonchev–Trinajstić information content (AvgIpc) is 3.12. The Balaban J connectivity index is 0.000000782. The van der Waals surface area contributed by atoms with Crippen LogP contribution >= 0.6 is 19.3 Å². The number of anilines is 1. The van der Waals surface area contributed by atoms with Gasteiger partial charge in [-0.15, -0.1) is 0 Å². The number of aliphatic hydroxyl groups excluding tert-OH is 1. The van der Waals surface area contributed by atoms with Crippen LogP contribution in [0.3, 0.4) is 0 Å². The fourth-order valence-corrected chi connectivity index (χ4v) is 4.75. The number of nitrogen functional groups attached to an aromatic ring is 1. The van der Waals surface area contributed by atoms with E-state index in [1.807, 2.05) is 0 Å². The van der Waals surface area contributed by atoms with Gasteiger partial charge < -0.3 is 35.1 Å². The molecule has 234 valence electrons. The quantitative estimate of drug-likeness (QED) is 0.182. The molecule has 0 spiro atoms. The summed E-state index contributed by atoms with van der Waals surface area (Å²) in [6.07, 6.45) is -8.04. The van der Waals surface area contributed by atoms with Crippen LogP contribution in [0.2, 0.25) is 5.02 Å². The number of halogens is 4. The SMILES string of the molecule is COC(=O)CCNP(=O)(OC[C@H]1O[C@@H](n2ccc(N)nc2=O)[C@](C)(O)[C@@H]1O)Oc1ccc(Cl)cc1.O=C(O)C(F)(F)F. The molecule has 20 heteroatoms. The Labute approximate surface area is 240 Å². The van der Waals surface area contributed by atoms with E-state index < -0.39 is 62.2 Å². The smallest absolute Gasteiger partial charge is 0.475 e. The molecule has 42 heavy (non-hydrogen) atoms. The van der Waals surface area contributed by atoms with Crippen LogP contribution in [0.1, 0.15) is 19.6 Å². The van der Waals surface area contributed by atoms with Crippen LogP contribution in [0.15, 0.2) is 41.3 Å². The van der Waals surface area contributed by atoms with E-state index in [4.69, 9.17) is 41.0 Å². The average molecular weight is 647 g/mol. The van der Waals surface area contributed by atoms with Gasteiger partial charge >= 0.3 is 31.6 Å². The number of ether oxygens (including phenoxy) is 2. The Morgan fingerprint density at radius 1 is 1.29 bits per heavy atom. The van der Waals surface area contributed by atoms with Crippen LogP contribution in [0.4, 0.5) is 19.0 Å². The molecule has 1 saturated heterocycles. The van der Waals surface area contributed by atoms with Crippen LogP contribution in [0.25, 0.3) is 0 Å². The van der Waals surface area contributed by atoms with E-state index in [1.54, 1.807) is 0 Å². The second kappa shape index (κ2) is 14.3. The summed E-state index contributed by atoms with van der Waals surface area (Å²) in [5.74, 6) is -3.18. The molecule has 0 bridgehead atoms. The number of nitrogens with one attached hydrogen (secondary N) is 1. The number of hydrogen-bond acceptors (Lipinski definition) is 12. The largest absolute Gasteiger partial charge is 0.490 e. The first-order chi connectivity index (χ1) is 19.4. The highest BCUT2D eigenvalue weighted by atomic mass is 35.5. The van der Waals surface area contributed by atoms with Gasteiger partial charge in [0.15, 0.2) is 6.23 Å². The van der Waals surface area contributed by atoms with E-state index in [9.17, 15) is 37.5 Å². The molecule has 0 saturated carbocycles. The number of nitrogens with two attached hydrogens (primary N) is 1. The Morgan fingerprint density at radius 3 is 2.40 bits per heavy atom. The first-order valence-electron chi connectivity index (χ1n) is 11.6. The molecule has 1 aromatic carbocycles. The molecule has 15 nitrogen and oxygen atoms in total. The van der Waals surface area contributed by atoms with Gasteiger partial charge in [-0.1, -0.05) is 11.6 Å². The summed E-state index contributed by atoms with van der Waals surface area (Å²) in [6, 6.07) is 7.28. The molecule has 1 aromatic heterocycles. The van der Waals surface area contributed by atoms with Gasteiger partial charge in [-0.3, -0.25) is 13.9 Å². The minimum Gasteiger partial charge on any atom is -0.475 e. The number of aliphatic hydroxyl groups is 2. The fourth-order valence-electron chi connectivity index (χ4n) is 3.29. The van der Waals surface area contributed by atoms with E-state index in [2.05, 4.69) is 14.8 Å². The molecular weight excluding hydrogens is 620 g/mol. The number of methoxy groups -OCH3 is 1. The topological polar surface area (TPSA) is 222 Å². The van der Waals surface area contributed by atoms with E-state index in [1.165, 1.54) is 50.6 Å². The molecule has 6 N–H and O–H groups in total. The lowest BCUT2D eigenvalue weighted by atomic mass is 9.96. The zero-order chi connectivity index (χ0) is 31.9. The maximum Gasteiger partial charge on any atom is 0.490 e. The number of carboxylic acid groups (broad SMARTS) is 1. The van der Waals surface area contributed by atoms with Gasteiger partial charge in [0.1, 0.15) is 29.4 Å². The number of alkyl halides is 3. The summed E-state index contributed by atoms with van der Waals surface area (Å²) in [7, 11) is -2.91. The van der Waals surface area contributed by atoms with Crippen molar-refractivity contribution >= 4 is 37.1 Å².